The van der Waals surface area contributed by atoms with Gasteiger partial charge in [0.2, 0.25) is 5.95 Å². The molecule has 8 heteroatoms. The molecule has 1 aliphatic heterocycles. The van der Waals surface area contributed by atoms with Gasteiger partial charge in [0.15, 0.2) is 11.2 Å². The third-order valence-corrected chi connectivity index (χ3v) is 6.82. The summed E-state index contributed by atoms with van der Waals surface area (Å²) in [6.45, 7) is 1.67. The van der Waals surface area contributed by atoms with Crippen LogP contribution in [-0.4, -0.2) is 25.2 Å². The van der Waals surface area contributed by atoms with E-state index in [1.807, 2.05) is 77.4 Å². The Morgan fingerprint density at radius 3 is 2.24 bits per heavy atom. The fourth-order valence-corrected chi connectivity index (χ4v) is 4.92. The van der Waals surface area contributed by atoms with Gasteiger partial charge in [-0.3, -0.25) is 13.9 Å². The Morgan fingerprint density at radius 2 is 1.51 bits per heavy atom. The lowest BCUT2D eigenvalue weighted by molar-refractivity contribution is 0.482. The minimum absolute atomic E-state index is 0.279. The molecule has 6 rings (SSSR count). The van der Waals surface area contributed by atoms with E-state index in [-0.39, 0.29) is 11.2 Å². The summed E-state index contributed by atoms with van der Waals surface area (Å²) in [5.74, 6) is 2.18. The van der Waals surface area contributed by atoms with E-state index in [2.05, 4.69) is 17.0 Å². The molecule has 5 aromatic rings. The molecule has 0 spiro atoms. The minimum atomic E-state index is -0.337. The summed E-state index contributed by atoms with van der Waals surface area (Å²) >= 11 is 0. The number of aryl methyl sites for hydroxylation is 2. The predicted octanol–water partition coefficient (Wildman–Crippen LogP) is 4.47. The van der Waals surface area contributed by atoms with E-state index in [0.29, 0.717) is 43.2 Å². The zero-order valence-electron chi connectivity index (χ0n) is 20.6. The molecule has 0 unspecified atom stereocenters. The summed E-state index contributed by atoms with van der Waals surface area (Å²) in [6.07, 6.45) is 1.51. The summed E-state index contributed by atoms with van der Waals surface area (Å²) < 4.78 is 10.7. The van der Waals surface area contributed by atoms with Crippen LogP contribution >= 0.6 is 0 Å². The normalized spacial score (nSPS) is 12.7. The van der Waals surface area contributed by atoms with Crippen molar-refractivity contribution in [2.45, 2.75) is 25.9 Å². The lowest BCUT2D eigenvalue weighted by Crippen LogP contribution is -2.39. The molecule has 0 bridgehead atoms. The van der Waals surface area contributed by atoms with Crippen LogP contribution in [0.25, 0.3) is 11.2 Å². The molecule has 8 nitrogen and oxygen atoms in total. The SMILES string of the molecule is Cn1c(=O)n(CCCc2ccccc2)c(=O)c2c1nc1n2CCN1c1ccc(Oc2ccccc2)cc1. The van der Waals surface area contributed by atoms with Gasteiger partial charge < -0.3 is 14.2 Å². The first-order chi connectivity index (χ1) is 18.1. The summed E-state index contributed by atoms with van der Waals surface area (Å²) in [6, 6.07) is 27.5. The van der Waals surface area contributed by atoms with Gasteiger partial charge in [-0.05, 0) is 54.8 Å². The van der Waals surface area contributed by atoms with Crippen molar-refractivity contribution < 1.29 is 4.74 Å². The molecule has 0 aliphatic carbocycles. The number of imidazole rings is 1. The smallest absolute Gasteiger partial charge is 0.332 e. The van der Waals surface area contributed by atoms with Crippen LogP contribution in [0.4, 0.5) is 11.6 Å². The fraction of sp³-hybridized carbons (Fsp3) is 0.207. The molecule has 186 valence electrons. The summed E-state index contributed by atoms with van der Waals surface area (Å²) in [5, 5.41) is 0. The molecular formula is C29H27N5O3. The highest BCUT2D eigenvalue weighted by atomic mass is 16.5. The molecule has 0 amide bonds. The zero-order chi connectivity index (χ0) is 25.4. The lowest BCUT2D eigenvalue weighted by atomic mass is 10.1. The Morgan fingerprint density at radius 1 is 0.838 bits per heavy atom. The fourth-order valence-electron chi connectivity index (χ4n) is 4.92. The number of hydrogen-bond acceptors (Lipinski definition) is 5. The minimum Gasteiger partial charge on any atom is -0.457 e. The van der Waals surface area contributed by atoms with Gasteiger partial charge in [0.1, 0.15) is 11.5 Å². The Kier molecular flexibility index (Phi) is 5.84. The largest absolute Gasteiger partial charge is 0.457 e. The zero-order valence-corrected chi connectivity index (χ0v) is 20.6. The Hall–Kier alpha value is -4.59. The van der Waals surface area contributed by atoms with E-state index >= 15 is 0 Å². The van der Waals surface area contributed by atoms with E-state index in [1.54, 1.807) is 7.05 Å². The molecule has 0 saturated heterocycles. The van der Waals surface area contributed by atoms with Gasteiger partial charge >= 0.3 is 5.69 Å². The summed E-state index contributed by atoms with van der Waals surface area (Å²) in [5.41, 5.74) is 2.41. The van der Waals surface area contributed by atoms with Crippen LogP contribution in [0.15, 0.2) is 94.5 Å². The first-order valence-corrected chi connectivity index (χ1v) is 12.4. The van der Waals surface area contributed by atoms with Gasteiger partial charge in [0.25, 0.3) is 5.56 Å². The second-order valence-electron chi connectivity index (χ2n) is 9.18. The predicted molar refractivity (Wildman–Crippen MR) is 144 cm³/mol. The number of ether oxygens (including phenoxy) is 1. The highest BCUT2D eigenvalue weighted by molar-refractivity contribution is 5.77. The van der Waals surface area contributed by atoms with Gasteiger partial charge in [-0.2, -0.15) is 4.98 Å². The van der Waals surface area contributed by atoms with Crippen LogP contribution in [0.1, 0.15) is 12.0 Å². The first-order valence-electron chi connectivity index (χ1n) is 12.4. The van der Waals surface area contributed by atoms with Crippen LogP contribution in [0.3, 0.4) is 0 Å². The Labute approximate surface area is 213 Å². The van der Waals surface area contributed by atoms with Crippen LogP contribution in [-0.2, 0) is 26.6 Å². The third-order valence-electron chi connectivity index (χ3n) is 6.82. The first kappa shape index (κ1) is 22.8. The molecule has 0 N–H and O–H groups in total. The average Bonchev–Trinajstić information content (AvgIpc) is 3.51. The molecular weight excluding hydrogens is 466 g/mol. The highest BCUT2D eigenvalue weighted by Gasteiger charge is 2.28. The van der Waals surface area contributed by atoms with Gasteiger partial charge in [-0.15, -0.1) is 0 Å². The number of hydrogen-bond donors (Lipinski definition) is 0. The topological polar surface area (TPSA) is 74.3 Å². The van der Waals surface area contributed by atoms with Gasteiger partial charge in [-0.25, -0.2) is 4.79 Å². The molecule has 1 aliphatic rings. The summed E-state index contributed by atoms with van der Waals surface area (Å²) in [7, 11) is 1.68. The van der Waals surface area contributed by atoms with Crippen molar-refractivity contribution in [2.75, 3.05) is 11.4 Å². The van der Waals surface area contributed by atoms with Gasteiger partial charge in [-0.1, -0.05) is 48.5 Å². The van der Waals surface area contributed by atoms with Gasteiger partial charge in [0.05, 0.1) is 0 Å². The second-order valence-corrected chi connectivity index (χ2v) is 9.18. The van der Waals surface area contributed by atoms with Crippen LogP contribution in [0.5, 0.6) is 11.5 Å². The van der Waals surface area contributed by atoms with Crippen molar-refractivity contribution in [2.24, 2.45) is 7.05 Å². The number of fused-ring (bicyclic) bond motifs is 3. The van der Waals surface area contributed by atoms with Crippen molar-refractivity contribution >= 4 is 22.8 Å². The van der Waals surface area contributed by atoms with Gasteiger partial charge in [0, 0.05) is 32.4 Å². The van der Waals surface area contributed by atoms with E-state index in [9.17, 15) is 9.59 Å². The number of nitrogens with zero attached hydrogens (tertiary/aromatic N) is 5. The van der Waals surface area contributed by atoms with Crippen molar-refractivity contribution in [3.8, 4) is 11.5 Å². The molecule has 0 saturated carbocycles. The molecule has 0 atom stereocenters. The van der Waals surface area contributed by atoms with Crippen LogP contribution < -0.4 is 20.9 Å². The number of anilines is 2. The highest BCUT2D eigenvalue weighted by Crippen LogP contribution is 2.33. The molecule has 2 aromatic heterocycles. The maximum absolute atomic E-state index is 13.5. The molecule has 0 fully saturated rings. The van der Waals surface area contributed by atoms with E-state index in [0.717, 1.165) is 23.6 Å². The Bertz CT molecular complexity index is 1670. The molecule has 0 radical (unpaired) electrons. The van der Waals surface area contributed by atoms with Crippen molar-refractivity contribution in [3.05, 3.63) is 111 Å². The van der Waals surface area contributed by atoms with Crippen molar-refractivity contribution in [3.63, 3.8) is 0 Å². The quantitative estimate of drug-likeness (QED) is 0.334. The number of rotatable bonds is 7. The van der Waals surface area contributed by atoms with Crippen molar-refractivity contribution in [1.29, 1.82) is 0 Å². The van der Waals surface area contributed by atoms with Crippen LogP contribution in [0.2, 0.25) is 0 Å². The molecule has 3 heterocycles. The van der Waals surface area contributed by atoms with E-state index < -0.39 is 0 Å². The lowest BCUT2D eigenvalue weighted by Gasteiger charge is -2.16. The summed E-state index contributed by atoms with van der Waals surface area (Å²) in [4.78, 5) is 33.3. The van der Waals surface area contributed by atoms with E-state index in [4.69, 9.17) is 9.72 Å². The van der Waals surface area contributed by atoms with E-state index in [1.165, 1.54) is 14.7 Å². The average molecular weight is 494 g/mol. The second kappa shape index (κ2) is 9.46. The number of para-hydroxylation sites is 1. The van der Waals surface area contributed by atoms with Crippen molar-refractivity contribution in [1.82, 2.24) is 18.7 Å². The standard InChI is InChI=1S/C29H27N5O3/c1-31-26-25(27(35)34(29(31)36)18-8-11-21-9-4-2-5-10-21)33-20-19-32(28(33)30-26)22-14-16-24(17-15-22)37-23-12-6-3-7-13-23/h2-7,9-10,12-17H,8,11,18-20H2,1H3. The monoisotopic (exact) mass is 493 g/mol. The maximum atomic E-state index is 13.5. The molecule has 37 heavy (non-hydrogen) atoms. The molecule has 3 aromatic carbocycles. The Balaban J connectivity index is 1.28. The number of aromatic nitrogens is 4. The maximum Gasteiger partial charge on any atom is 0.332 e. The van der Waals surface area contributed by atoms with Crippen LogP contribution in [0, 0.1) is 0 Å². The third kappa shape index (κ3) is 4.20. The number of benzene rings is 3.